The van der Waals surface area contributed by atoms with E-state index in [1.165, 1.54) is 0 Å². The van der Waals surface area contributed by atoms with Gasteiger partial charge < -0.3 is 14.6 Å². The third-order valence-electron chi connectivity index (χ3n) is 3.82. The highest BCUT2D eigenvalue weighted by atomic mass is 35.5. The summed E-state index contributed by atoms with van der Waals surface area (Å²) in [6, 6.07) is 6.93. The van der Waals surface area contributed by atoms with Gasteiger partial charge >= 0.3 is 5.97 Å². The van der Waals surface area contributed by atoms with Crippen LogP contribution in [0.15, 0.2) is 29.8 Å². The first-order valence-electron chi connectivity index (χ1n) is 8.20. The molecule has 0 saturated heterocycles. The monoisotopic (exact) mass is 394 g/mol. The summed E-state index contributed by atoms with van der Waals surface area (Å²) in [4.78, 5) is 11.0. The number of ether oxygens (including phenoxy) is 2. The molecule has 6 heteroatoms. The molecule has 0 bridgehead atoms. The number of rotatable bonds is 3. The molecule has 0 amide bonds. The molecule has 1 N–H and O–H groups in total. The number of carboxylic acid groups (broad SMARTS) is 1. The number of fused-ring (bicyclic) bond motifs is 1. The summed E-state index contributed by atoms with van der Waals surface area (Å²) < 4.78 is 11.3. The maximum atomic E-state index is 11.0. The molecule has 0 unspecified atom stereocenters. The van der Waals surface area contributed by atoms with E-state index >= 15 is 0 Å². The predicted octanol–water partition coefficient (Wildman–Crippen LogP) is 6.29. The Kier molecular flexibility index (Phi) is 6.57. The van der Waals surface area contributed by atoms with Crippen molar-refractivity contribution in [2.24, 2.45) is 0 Å². The largest absolute Gasteiger partial charge is 0.488 e. The van der Waals surface area contributed by atoms with Crippen molar-refractivity contribution in [3.63, 3.8) is 0 Å². The molecular weight excluding hydrogens is 375 g/mol. The van der Waals surface area contributed by atoms with E-state index in [4.69, 9.17) is 37.8 Å². The number of halogens is 2. The van der Waals surface area contributed by atoms with Crippen molar-refractivity contribution in [1.82, 2.24) is 0 Å². The lowest BCUT2D eigenvalue weighted by molar-refractivity contribution is -0.132. The minimum Gasteiger partial charge on any atom is -0.488 e. The highest BCUT2D eigenvalue weighted by Crippen LogP contribution is 2.40. The standard InChI is InChI=1S/C18H14Cl2O4.C2H6/c1-9-3-13(19)16(4-10(9)2)24-17-7-15-11(6-14(17)20)5-12(8-23-15)18(21)22;1-2/h3-7H,8H2,1-2H3,(H,21,22);1-2H3. The molecule has 138 valence electrons. The van der Waals surface area contributed by atoms with E-state index in [1.54, 1.807) is 18.2 Å². The van der Waals surface area contributed by atoms with Gasteiger partial charge in [-0.05, 0) is 49.2 Å². The molecule has 4 nitrogen and oxygen atoms in total. The quantitative estimate of drug-likeness (QED) is 0.664. The Morgan fingerprint density at radius 3 is 2.27 bits per heavy atom. The fraction of sp³-hybridized carbons (Fsp3) is 0.250. The number of aryl methyl sites for hydroxylation is 2. The van der Waals surface area contributed by atoms with Crippen LogP contribution >= 0.6 is 23.2 Å². The van der Waals surface area contributed by atoms with Crippen molar-refractivity contribution in [3.05, 3.63) is 56.6 Å². The summed E-state index contributed by atoms with van der Waals surface area (Å²) in [5.74, 6) is 0.394. The molecule has 2 aromatic rings. The summed E-state index contributed by atoms with van der Waals surface area (Å²) >= 11 is 12.5. The van der Waals surface area contributed by atoms with E-state index < -0.39 is 5.97 Å². The van der Waals surface area contributed by atoms with Gasteiger partial charge in [-0.2, -0.15) is 0 Å². The Bertz CT molecular complexity index is 873. The highest BCUT2D eigenvalue weighted by Gasteiger charge is 2.19. The third kappa shape index (κ3) is 4.32. The molecule has 0 aromatic heterocycles. The number of carbonyl (C=O) groups is 1. The lowest BCUT2D eigenvalue weighted by atomic mass is 10.1. The fourth-order valence-corrected chi connectivity index (χ4v) is 2.79. The minimum absolute atomic E-state index is 0.00615. The molecular formula is C20H20Cl2O4. The van der Waals surface area contributed by atoms with Crippen molar-refractivity contribution < 1.29 is 19.4 Å². The normalized spacial score (nSPS) is 12.2. The van der Waals surface area contributed by atoms with Gasteiger partial charge in [-0.3, -0.25) is 0 Å². The SMILES string of the molecule is CC.Cc1cc(Cl)c(Oc2cc3c(cc2Cl)C=C(C(=O)O)CO3)cc1C. The second-order valence-electron chi connectivity index (χ2n) is 5.55. The number of hydrogen-bond acceptors (Lipinski definition) is 3. The topological polar surface area (TPSA) is 55.8 Å². The lowest BCUT2D eigenvalue weighted by Crippen LogP contribution is -2.14. The van der Waals surface area contributed by atoms with Gasteiger partial charge in [-0.25, -0.2) is 4.79 Å². The minimum atomic E-state index is -1.01. The van der Waals surface area contributed by atoms with Crippen LogP contribution in [0.1, 0.15) is 30.5 Å². The Labute approximate surface area is 163 Å². The van der Waals surface area contributed by atoms with Gasteiger partial charge in [-0.1, -0.05) is 37.0 Å². The van der Waals surface area contributed by atoms with Gasteiger partial charge in [0.1, 0.15) is 23.9 Å². The van der Waals surface area contributed by atoms with Crippen LogP contribution in [0.3, 0.4) is 0 Å². The van der Waals surface area contributed by atoms with Gasteiger partial charge in [0, 0.05) is 11.6 Å². The van der Waals surface area contributed by atoms with Crippen LogP contribution < -0.4 is 9.47 Å². The summed E-state index contributed by atoms with van der Waals surface area (Å²) in [5.41, 5.74) is 2.89. The van der Waals surface area contributed by atoms with E-state index in [-0.39, 0.29) is 12.2 Å². The smallest absolute Gasteiger partial charge is 0.335 e. The Morgan fingerprint density at radius 2 is 1.62 bits per heavy atom. The summed E-state index contributed by atoms with van der Waals surface area (Å²) in [7, 11) is 0. The lowest BCUT2D eigenvalue weighted by Gasteiger charge is -2.18. The molecule has 0 saturated carbocycles. The van der Waals surface area contributed by atoms with Crippen LogP contribution in [0, 0.1) is 13.8 Å². The van der Waals surface area contributed by atoms with Crippen molar-refractivity contribution in [2.75, 3.05) is 6.61 Å². The number of hydrogen-bond donors (Lipinski definition) is 1. The van der Waals surface area contributed by atoms with Crippen LogP contribution in [-0.2, 0) is 4.79 Å². The number of aliphatic carboxylic acids is 1. The van der Waals surface area contributed by atoms with Gasteiger partial charge in [-0.15, -0.1) is 0 Å². The molecule has 1 aliphatic rings. The molecule has 2 aromatic carbocycles. The Balaban J connectivity index is 0.00000117. The van der Waals surface area contributed by atoms with Gasteiger partial charge in [0.2, 0.25) is 0 Å². The average Bonchev–Trinajstić information content (AvgIpc) is 2.61. The van der Waals surface area contributed by atoms with Gasteiger partial charge in [0.25, 0.3) is 0 Å². The highest BCUT2D eigenvalue weighted by molar-refractivity contribution is 6.33. The van der Waals surface area contributed by atoms with Gasteiger partial charge in [0.05, 0.1) is 15.6 Å². The fourth-order valence-electron chi connectivity index (χ4n) is 2.33. The first-order valence-corrected chi connectivity index (χ1v) is 8.95. The van der Waals surface area contributed by atoms with E-state index in [2.05, 4.69) is 0 Å². The molecule has 0 fully saturated rings. The molecule has 1 aliphatic heterocycles. The maximum Gasteiger partial charge on any atom is 0.335 e. The Morgan fingerprint density at radius 1 is 1.04 bits per heavy atom. The summed E-state index contributed by atoms with van der Waals surface area (Å²) in [6.07, 6.45) is 1.54. The molecule has 0 atom stereocenters. The molecule has 26 heavy (non-hydrogen) atoms. The summed E-state index contributed by atoms with van der Waals surface area (Å²) in [6.45, 7) is 7.93. The third-order valence-corrected chi connectivity index (χ3v) is 4.41. The molecule has 0 aliphatic carbocycles. The first kappa shape index (κ1) is 20.1. The van der Waals surface area contributed by atoms with E-state index in [1.807, 2.05) is 39.8 Å². The first-order chi connectivity index (χ1) is 12.3. The average molecular weight is 395 g/mol. The van der Waals surface area contributed by atoms with Crippen molar-refractivity contribution in [1.29, 1.82) is 0 Å². The maximum absolute atomic E-state index is 11.0. The van der Waals surface area contributed by atoms with E-state index in [0.717, 1.165) is 11.1 Å². The predicted molar refractivity (Wildman–Crippen MR) is 105 cm³/mol. The zero-order chi connectivity index (χ0) is 19.4. The van der Waals surface area contributed by atoms with Crippen LogP contribution in [-0.4, -0.2) is 17.7 Å². The molecule has 3 rings (SSSR count). The van der Waals surface area contributed by atoms with E-state index in [0.29, 0.717) is 32.9 Å². The number of benzene rings is 2. The van der Waals surface area contributed by atoms with Crippen LogP contribution in [0.2, 0.25) is 10.0 Å². The second-order valence-corrected chi connectivity index (χ2v) is 6.37. The van der Waals surface area contributed by atoms with E-state index in [9.17, 15) is 4.79 Å². The molecule has 0 spiro atoms. The van der Waals surface area contributed by atoms with Crippen LogP contribution in [0.5, 0.6) is 17.2 Å². The zero-order valence-corrected chi connectivity index (χ0v) is 16.5. The van der Waals surface area contributed by atoms with Crippen molar-refractivity contribution >= 4 is 35.2 Å². The van der Waals surface area contributed by atoms with Crippen molar-refractivity contribution in [2.45, 2.75) is 27.7 Å². The molecule has 1 heterocycles. The van der Waals surface area contributed by atoms with Crippen LogP contribution in [0.4, 0.5) is 0 Å². The molecule has 0 radical (unpaired) electrons. The van der Waals surface area contributed by atoms with Gasteiger partial charge in [0.15, 0.2) is 0 Å². The number of carboxylic acids is 1. The van der Waals surface area contributed by atoms with Crippen molar-refractivity contribution in [3.8, 4) is 17.2 Å². The zero-order valence-electron chi connectivity index (χ0n) is 15.0. The second kappa shape index (κ2) is 8.47. The summed E-state index contributed by atoms with van der Waals surface area (Å²) in [5, 5.41) is 9.87. The Hall–Kier alpha value is -2.17. The van der Waals surface area contributed by atoms with Crippen LogP contribution in [0.25, 0.3) is 6.08 Å².